The van der Waals surface area contributed by atoms with E-state index in [1.807, 2.05) is 42.5 Å². The van der Waals surface area contributed by atoms with Gasteiger partial charge in [0.05, 0.1) is 5.70 Å². The van der Waals surface area contributed by atoms with Gasteiger partial charge in [-0.25, -0.2) is 0 Å². The third-order valence-corrected chi connectivity index (χ3v) is 5.11. The predicted molar refractivity (Wildman–Crippen MR) is 143 cm³/mol. The molecule has 0 saturated heterocycles. The molecule has 162 valence electrons. The van der Waals surface area contributed by atoms with Crippen LogP contribution in [0.15, 0.2) is 146 Å². The maximum atomic E-state index is 6.31. The van der Waals surface area contributed by atoms with Crippen molar-refractivity contribution in [3.63, 3.8) is 0 Å². The summed E-state index contributed by atoms with van der Waals surface area (Å²) < 4.78 is 12.6. The molecule has 0 aliphatic carbocycles. The fraction of sp³-hybridized carbons (Fsp3) is 0. The van der Waals surface area contributed by atoms with Crippen molar-refractivity contribution in [2.75, 3.05) is 0 Å². The van der Waals surface area contributed by atoms with Crippen LogP contribution >= 0.6 is 0 Å². The van der Waals surface area contributed by atoms with E-state index in [4.69, 9.17) is 9.47 Å². The van der Waals surface area contributed by atoms with Crippen LogP contribution in [0.5, 0.6) is 11.5 Å². The zero-order valence-corrected chi connectivity index (χ0v) is 18.7. The molecule has 2 aliphatic heterocycles. The highest BCUT2D eigenvalue weighted by atomic mass is 16.5. The summed E-state index contributed by atoms with van der Waals surface area (Å²) in [6.45, 7) is 22.9. The average Bonchev–Trinajstić information content (AvgIpc) is 2.84. The molecular formula is C29H26BNO2. The minimum absolute atomic E-state index is 0.150. The molecule has 0 radical (unpaired) electrons. The molecule has 2 aliphatic rings. The molecule has 3 rings (SSSR count). The number of hydrogen-bond donors (Lipinski definition) is 0. The first-order valence-electron chi connectivity index (χ1n) is 10.5. The van der Waals surface area contributed by atoms with Gasteiger partial charge >= 0.3 is 0 Å². The molecule has 0 amide bonds. The van der Waals surface area contributed by atoms with E-state index in [-0.39, 0.29) is 6.71 Å². The summed E-state index contributed by atoms with van der Waals surface area (Å²) in [6, 6.07) is 3.91. The molecule has 0 N–H and O–H groups in total. The summed E-state index contributed by atoms with van der Waals surface area (Å²) >= 11 is 0. The van der Waals surface area contributed by atoms with Crippen molar-refractivity contribution in [2.24, 2.45) is 4.99 Å². The van der Waals surface area contributed by atoms with E-state index in [9.17, 15) is 0 Å². The Labute approximate surface area is 196 Å². The fourth-order valence-corrected chi connectivity index (χ4v) is 3.80. The number of ether oxygens (including phenoxy) is 2. The third-order valence-electron chi connectivity index (χ3n) is 5.11. The van der Waals surface area contributed by atoms with Gasteiger partial charge in [0.1, 0.15) is 23.0 Å². The van der Waals surface area contributed by atoms with Crippen LogP contribution in [0.4, 0.5) is 0 Å². The molecule has 0 aromatic heterocycles. The zero-order chi connectivity index (χ0) is 23.8. The Balaban J connectivity index is 2.35. The smallest absolute Gasteiger partial charge is 0.260 e. The molecule has 0 fully saturated rings. The maximum absolute atomic E-state index is 6.31. The molecule has 4 heteroatoms. The second-order valence-corrected chi connectivity index (χ2v) is 7.06. The predicted octanol–water partition coefficient (Wildman–Crippen LogP) is 6.40. The first-order chi connectivity index (χ1) is 16.1. The van der Waals surface area contributed by atoms with Crippen molar-refractivity contribution in [1.29, 1.82) is 0 Å². The maximum Gasteiger partial charge on any atom is 0.260 e. The van der Waals surface area contributed by atoms with Crippen LogP contribution in [0.1, 0.15) is 5.56 Å². The number of hydrogen-bond acceptors (Lipinski definition) is 3. The molecule has 0 unspecified atom stereocenters. The van der Waals surface area contributed by atoms with E-state index in [0.29, 0.717) is 28.7 Å². The Morgan fingerprint density at radius 2 is 1.30 bits per heavy atom. The number of rotatable bonds is 10. The van der Waals surface area contributed by atoms with Crippen LogP contribution in [-0.4, -0.2) is 12.9 Å². The summed E-state index contributed by atoms with van der Waals surface area (Å²) in [5, 5.41) is 0. The van der Waals surface area contributed by atoms with Crippen molar-refractivity contribution < 1.29 is 9.47 Å². The summed E-state index contributed by atoms with van der Waals surface area (Å²) in [5.41, 5.74) is 4.35. The van der Waals surface area contributed by atoms with Crippen LogP contribution in [-0.2, 0) is 0 Å². The highest BCUT2D eigenvalue weighted by Crippen LogP contribution is 2.39. The van der Waals surface area contributed by atoms with Crippen molar-refractivity contribution in [3.05, 3.63) is 146 Å². The number of benzene rings is 1. The lowest BCUT2D eigenvalue weighted by Gasteiger charge is -2.33. The van der Waals surface area contributed by atoms with Gasteiger partial charge in [0.25, 0.3) is 6.71 Å². The summed E-state index contributed by atoms with van der Waals surface area (Å²) in [5.74, 6) is 2.67. The second-order valence-electron chi connectivity index (χ2n) is 7.06. The average molecular weight is 431 g/mol. The molecule has 1 aromatic carbocycles. The standard InChI is InChI=1S/C29H26BNO2/c1-7-13-16-22-25(11-5)32-27-19-21(24(15-9-3)31-18-10-4)20-28-29(27)30(22)23(17-14-8-2)26(12-6)33-28/h7-20H,1-6H2/b16-13-,17-14-,24-15-,31-18?. The van der Waals surface area contributed by atoms with Crippen LogP contribution in [0.3, 0.4) is 0 Å². The van der Waals surface area contributed by atoms with Crippen LogP contribution in [0.2, 0.25) is 0 Å². The molecule has 3 nitrogen and oxygen atoms in total. The lowest BCUT2D eigenvalue weighted by atomic mass is 9.33. The van der Waals surface area contributed by atoms with Gasteiger partial charge in [-0.05, 0) is 41.3 Å². The molecule has 0 bridgehead atoms. The zero-order valence-electron chi connectivity index (χ0n) is 18.7. The Morgan fingerprint density at radius 3 is 1.73 bits per heavy atom. The van der Waals surface area contributed by atoms with Gasteiger partial charge in [-0.2, -0.15) is 0 Å². The second kappa shape index (κ2) is 10.8. The van der Waals surface area contributed by atoms with Gasteiger partial charge < -0.3 is 9.47 Å². The highest BCUT2D eigenvalue weighted by molar-refractivity contribution is 6.89. The van der Waals surface area contributed by atoms with Crippen molar-refractivity contribution in [3.8, 4) is 11.5 Å². The Morgan fingerprint density at radius 1 is 0.758 bits per heavy atom. The molecule has 0 saturated carbocycles. The van der Waals surface area contributed by atoms with Crippen molar-refractivity contribution in [2.45, 2.75) is 0 Å². The molecule has 33 heavy (non-hydrogen) atoms. The Bertz CT molecular complexity index is 1150. The van der Waals surface area contributed by atoms with Gasteiger partial charge in [-0.1, -0.05) is 88.1 Å². The lowest BCUT2D eigenvalue weighted by molar-refractivity contribution is 0.421. The summed E-state index contributed by atoms with van der Waals surface area (Å²) in [6.07, 6.45) is 21.4. The van der Waals surface area contributed by atoms with Crippen molar-refractivity contribution in [1.82, 2.24) is 0 Å². The lowest BCUT2D eigenvalue weighted by Crippen LogP contribution is -2.44. The largest absolute Gasteiger partial charge is 0.458 e. The minimum Gasteiger partial charge on any atom is -0.458 e. The molecular weight excluding hydrogens is 405 g/mol. The molecule has 2 heterocycles. The SMILES string of the molecule is C=CC=N/C(=C\C=C)c1cc2c3c(c1)OC(C=C)=C(/C=C\C=C)B3C(/C=C\C=C)=C(C=C)O2. The van der Waals surface area contributed by atoms with E-state index in [1.165, 1.54) is 0 Å². The molecule has 0 spiro atoms. The van der Waals surface area contributed by atoms with E-state index >= 15 is 0 Å². The quantitative estimate of drug-likeness (QED) is 0.244. The van der Waals surface area contributed by atoms with Gasteiger partial charge in [0.2, 0.25) is 0 Å². The third kappa shape index (κ3) is 4.65. The van der Waals surface area contributed by atoms with Crippen molar-refractivity contribution >= 4 is 24.1 Å². The summed E-state index contributed by atoms with van der Waals surface area (Å²) in [7, 11) is 0. The van der Waals surface area contributed by atoms with Crippen LogP contribution in [0.25, 0.3) is 5.70 Å². The highest BCUT2D eigenvalue weighted by Gasteiger charge is 2.40. The summed E-state index contributed by atoms with van der Waals surface area (Å²) in [4.78, 5) is 4.48. The number of allylic oxidation sites excluding steroid dienone is 13. The Hall–Kier alpha value is -4.31. The number of nitrogens with zero attached hydrogens (tertiary/aromatic N) is 1. The van der Waals surface area contributed by atoms with Crippen LogP contribution in [0, 0.1) is 0 Å². The first-order valence-corrected chi connectivity index (χ1v) is 10.5. The van der Waals surface area contributed by atoms with E-state index < -0.39 is 0 Å². The van der Waals surface area contributed by atoms with E-state index in [1.54, 1.807) is 42.7 Å². The Kier molecular flexibility index (Phi) is 7.66. The number of aliphatic imine (C=N–C) groups is 1. The monoisotopic (exact) mass is 431 g/mol. The fourth-order valence-electron chi connectivity index (χ4n) is 3.80. The molecule has 1 aromatic rings. The minimum atomic E-state index is -0.150. The van der Waals surface area contributed by atoms with Gasteiger partial charge in [0, 0.05) is 17.2 Å². The normalized spacial score (nSPS) is 15.4. The van der Waals surface area contributed by atoms with Crippen LogP contribution < -0.4 is 14.9 Å². The van der Waals surface area contributed by atoms with Gasteiger partial charge in [-0.15, -0.1) is 0 Å². The molecule has 0 atom stereocenters. The first kappa shape index (κ1) is 23.4. The van der Waals surface area contributed by atoms with Gasteiger partial charge in [-0.3, -0.25) is 4.99 Å². The topological polar surface area (TPSA) is 30.8 Å². The van der Waals surface area contributed by atoms with E-state index in [2.05, 4.69) is 44.5 Å². The van der Waals surface area contributed by atoms with E-state index in [0.717, 1.165) is 22.0 Å². The van der Waals surface area contributed by atoms with Gasteiger partial charge in [0.15, 0.2) is 0 Å².